The molecule has 0 aliphatic heterocycles. The molecule has 0 saturated heterocycles. The fraction of sp³-hybridized carbons (Fsp3) is 0. The molecule has 0 atom stereocenters. The van der Waals surface area contributed by atoms with E-state index in [2.05, 4.69) is 0 Å². The number of hydrogen-bond acceptors (Lipinski definition) is 2. The monoisotopic (exact) mass is 240 g/mol. The molecule has 0 bridgehead atoms. The van der Waals surface area contributed by atoms with E-state index >= 15 is 0 Å². The van der Waals surface area contributed by atoms with Crippen molar-refractivity contribution in [3.8, 4) is 0 Å². The molecule has 0 aliphatic rings. The first-order valence-electron chi connectivity index (χ1n) is 4.22. The Kier molecular flexibility index (Phi) is 2.80. The Bertz CT molecular complexity index is 489. The van der Waals surface area contributed by atoms with Gasteiger partial charge < -0.3 is 4.42 Å². The van der Waals surface area contributed by atoms with Crippen LogP contribution in [-0.4, -0.2) is 5.78 Å². The first kappa shape index (κ1) is 10.3. The van der Waals surface area contributed by atoms with Gasteiger partial charge in [0, 0.05) is 5.56 Å². The third-order valence-electron chi connectivity index (χ3n) is 1.94. The number of halogens is 2. The van der Waals surface area contributed by atoms with Crippen LogP contribution in [0.1, 0.15) is 16.1 Å². The van der Waals surface area contributed by atoms with Crippen LogP contribution in [0.3, 0.4) is 0 Å². The van der Waals surface area contributed by atoms with Crippen LogP contribution in [0.4, 0.5) is 0 Å². The van der Waals surface area contributed by atoms with Crippen molar-refractivity contribution in [2.45, 2.75) is 0 Å². The lowest BCUT2D eigenvalue weighted by Gasteiger charge is -2.02. The lowest BCUT2D eigenvalue weighted by atomic mass is 10.1. The number of ketones is 1. The minimum atomic E-state index is -0.271. The van der Waals surface area contributed by atoms with E-state index in [0.717, 1.165) is 0 Å². The van der Waals surface area contributed by atoms with Gasteiger partial charge in [0.2, 0.25) is 5.78 Å². The molecule has 2 aromatic rings. The highest BCUT2D eigenvalue weighted by Crippen LogP contribution is 2.27. The maximum Gasteiger partial charge on any atom is 0.229 e. The van der Waals surface area contributed by atoms with Crippen molar-refractivity contribution in [1.82, 2.24) is 0 Å². The maximum absolute atomic E-state index is 11.8. The Morgan fingerprint density at radius 1 is 1.13 bits per heavy atom. The lowest BCUT2D eigenvalue weighted by Crippen LogP contribution is -2.00. The molecule has 0 unspecified atom stereocenters. The van der Waals surface area contributed by atoms with Gasteiger partial charge >= 0.3 is 0 Å². The molecule has 1 aromatic heterocycles. The van der Waals surface area contributed by atoms with E-state index in [1.165, 1.54) is 6.26 Å². The van der Waals surface area contributed by atoms with Crippen LogP contribution in [0.5, 0.6) is 0 Å². The van der Waals surface area contributed by atoms with Gasteiger partial charge in [0.1, 0.15) is 0 Å². The van der Waals surface area contributed by atoms with Crippen LogP contribution in [0, 0.1) is 0 Å². The average molecular weight is 241 g/mol. The maximum atomic E-state index is 11.8. The topological polar surface area (TPSA) is 30.2 Å². The molecule has 0 aliphatic carbocycles. The fourth-order valence-electron chi connectivity index (χ4n) is 1.22. The van der Waals surface area contributed by atoms with E-state index in [4.69, 9.17) is 27.6 Å². The van der Waals surface area contributed by atoms with Crippen LogP contribution < -0.4 is 0 Å². The molecule has 0 amide bonds. The number of carbonyl (C=O) groups excluding carboxylic acids is 1. The van der Waals surface area contributed by atoms with Gasteiger partial charge in [-0.3, -0.25) is 4.79 Å². The summed E-state index contributed by atoms with van der Waals surface area (Å²) in [6.45, 7) is 0. The molecule has 0 fully saturated rings. The number of carbonyl (C=O) groups is 1. The number of hydrogen-bond donors (Lipinski definition) is 0. The molecule has 0 radical (unpaired) electrons. The summed E-state index contributed by atoms with van der Waals surface area (Å²) in [5, 5.41) is 0.606. The Balaban J connectivity index is 2.47. The second-order valence-corrected chi connectivity index (χ2v) is 3.69. The minimum absolute atomic E-state index is 0.249. The average Bonchev–Trinajstić information content (AvgIpc) is 2.74. The van der Waals surface area contributed by atoms with E-state index in [1.807, 2.05) is 0 Å². The Morgan fingerprint density at radius 2 is 1.93 bits per heavy atom. The molecule has 15 heavy (non-hydrogen) atoms. The summed E-state index contributed by atoms with van der Waals surface area (Å²) in [7, 11) is 0. The minimum Gasteiger partial charge on any atom is -0.461 e. The summed E-state index contributed by atoms with van der Waals surface area (Å²) < 4.78 is 4.99. The van der Waals surface area contributed by atoms with Gasteiger partial charge in [-0.2, -0.15) is 0 Å². The number of benzene rings is 1. The van der Waals surface area contributed by atoms with E-state index in [1.54, 1.807) is 30.3 Å². The standard InChI is InChI=1S/C11H6Cl2O2/c12-8-4-1-3-7(10(8)13)11(14)9-5-2-6-15-9/h1-6H. The largest absolute Gasteiger partial charge is 0.461 e. The molecule has 0 spiro atoms. The Hall–Kier alpha value is -1.25. The lowest BCUT2D eigenvalue weighted by molar-refractivity contribution is 0.101. The molecular formula is C11H6Cl2O2. The predicted molar refractivity (Wildman–Crippen MR) is 58.6 cm³/mol. The summed E-state index contributed by atoms with van der Waals surface area (Å²) in [5.74, 6) is -0.0216. The third kappa shape index (κ3) is 1.91. The van der Waals surface area contributed by atoms with E-state index in [-0.39, 0.29) is 16.6 Å². The molecule has 4 heteroatoms. The van der Waals surface area contributed by atoms with Crippen molar-refractivity contribution in [2.24, 2.45) is 0 Å². The van der Waals surface area contributed by atoms with E-state index < -0.39 is 0 Å². The molecule has 2 rings (SSSR count). The van der Waals surface area contributed by atoms with Gasteiger partial charge in [0.15, 0.2) is 5.76 Å². The molecule has 0 N–H and O–H groups in total. The Labute approximate surface area is 96.4 Å². The zero-order valence-electron chi connectivity index (χ0n) is 7.54. The molecule has 1 aromatic carbocycles. The first-order valence-corrected chi connectivity index (χ1v) is 4.98. The highest BCUT2D eigenvalue weighted by atomic mass is 35.5. The normalized spacial score (nSPS) is 10.3. The van der Waals surface area contributed by atoms with Crippen LogP contribution in [0.25, 0.3) is 0 Å². The summed E-state index contributed by atoms with van der Waals surface area (Å²) in [4.78, 5) is 11.8. The Morgan fingerprint density at radius 3 is 2.60 bits per heavy atom. The van der Waals surface area contributed by atoms with Crippen LogP contribution in [0.15, 0.2) is 41.0 Å². The molecule has 76 valence electrons. The molecular weight excluding hydrogens is 235 g/mol. The summed E-state index contributed by atoms with van der Waals surface area (Å²) in [6, 6.07) is 8.14. The van der Waals surface area contributed by atoms with Gasteiger partial charge in [-0.05, 0) is 24.3 Å². The van der Waals surface area contributed by atoms with Crippen molar-refractivity contribution in [2.75, 3.05) is 0 Å². The van der Waals surface area contributed by atoms with Crippen molar-refractivity contribution >= 4 is 29.0 Å². The SMILES string of the molecule is O=C(c1ccco1)c1cccc(Cl)c1Cl. The first-order chi connectivity index (χ1) is 7.20. The van der Waals surface area contributed by atoms with Gasteiger partial charge in [-0.25, -0.2) is 0 Å². The van der Waals surface area contributed by atoms with Gasteiger partial charge in [0.05, 0.1) is 16.3 Å². The van der Waals surface area contributed by atoms with Gasteiger partial charge in [-0.1, -0.05) is 29.3 Å². The van der Waals surface area contributed by atoms with E-state index in [9.17, 15) is 4.79 Å². The molecule has 2 nitrogen and oxygen atoms in total. The number of rotatable bonds is 2. The summed E-state index contributed by atoms with van der Waals surface area (Å²) >= 11 is 11.7. The molecule has 1 heterocycles. The fourth-order valence-corrected chi connectivity index (χ4v) is 1.61. The predicted octanol–water partition coefficient (Wildman–Crippen LogP) is 3.82. The second-order valence-electron chi connectivity index (χ2n) is 2.91. The summed E-state index contributed by atoms with van der Waals surface area (Å²) in [5.41, 5.74) is 0.346. The zero-order chi connectivity index (χ0) is 10.8. The van der Waals surface area contributed by atoms with Crippen molar-refractivity contribution in [3.05, 3.63) is 58.0 Å². The van der Waals surface area contributed by atoms with E-state index in [0.29, 0.717) is 10.6 Å². The van der Waals surface area contributed by atoms with Crippen LogP contribution in [0.2, 0.25) is 10.0 Å². The van der Waals surface area contributed by atoms with Crippen LogP contribution >= 0.6 is 23.2 Å². The highest BCUT2D eigenvalue weighted by Gasteiger charge is 2.16. The highest BCUT2D eigenvalue weighted by molar-refractivity contribution is 6.44. The number of furan rings is 1. The third-order valence-corrected chi connectivity index (χ3v) is 2.76. The molecule has 0 saturated carbocycles. The van der Waals surface area contributed by atoms with Crippen LogP contribution in [-0.2, 0) is 0 Å². The summed E-state index contributed by atoms with van der Waals surface area (Å²) in [6.07, 6.45) is 1.44. The van der Waals surface area contributed by atoms with Crippen molar-refractivity contribution in [1.29, 1.82) is 0 Å². The second kappa shape index (κ2) is 4.09. The quantitative estimate of drug-likeness (QED) is 0.748. The zero-order valence-corrected chi connectivity index (χ0v) is 9.05. The van der Waals surface area contributed by atoms with Gasteiger partial charge in [-0.15, -0.1) is 0 Å². The van der Waals surface area contributed by atoms with Gasteiger partial charge in [0.25, 0.3) is 0 Å². The smallest absolute Gasteiger partial charge is 0.229 e. The van der Waals surface area contributed by atoms with Crippen molar-refractivity contribution in [3.63, 3.8) is 0 Å². The van der Waals surface area contributed by atoms with Crippen molar-refractivity contribution < 1.29 is 9.21 Å².